The van der Waals surface area contributed by atoms with E-state index in [1.165, 1.54) is 0 Å². The van der Waals surface area contributed by atoms with Crippen molar-refractivity contribution >= 4 is 40.4 Å². The van der Waals surface area contributed by atoms with E-state index in [9.17, 15) is 9.59 Å². The van der Waals surface area contributed by atoms with Crippen LogP contribution in [0.1, 0.15) is 43.9 Å². The summed E-state index contributed by atoms with van der Waals surface area (Å²) >= 11 is 6.09. The first-order valence-electron chi connectivity index (χ1n) is 12.6. The number of hydrogen-bond acceptors (Lipinski definition) is 4. The molecule has 5 nitrogen and oxygen atoms in total. The molecule has 3 aromatic carbocycles. The highest BCUT2D eigenvalue weighted by Crippen LogP contribution is 2.48. The van der Waals surface area contributed by atoms with Gasteiger partial charge in [-0.1, -0.05) is 61.8 Å². The maximum atomic E-state index is 14.2. The minimum atomic E-state index is -0.536. The molecule has 0 fully saturated rings. The largest absolute Gasteiger partial charge is 0.378 e. The number of carbonyl (C=O) groups is 2. The van der Waals surface area contributed by atoms with Gasteiger partial charge in [0.1, 0.15) is 0 Å². The van der Waals surface area contributed by atoms with Crippen molar-refractivity contribution in [3.05, 3.63) is 100 Å². The number of para-hydroxylation sites is 2. The summed E-state index contributed by atoms with van der Waals surface area (Å²) in [5, 5.41) is 4.20. The first kappa shape index (κ1) is 25.1. The molecule has 0 radical (unpaired) electrons. The van der Waals surface area contributed by atoms with Gasteiger partial charge in [0.15, 0.2) is 5.78 Å². The van der Waals surface area contributed by atoms with Crippen LogP contribution >= 0.6 is 11.6 Å². The number of hydrogen-bond donors (Lipinski definition) is 1. The molecule has 1 amide bonds. The molecule has 0 saturated heterocycles. The van der Waals surface area contributed by atoms with Gasteiger partial charge in [0.25, 0.3) is 0 Å². The number of rotatable bonds is 4. The minimum absolute atomic E-state index is 0.0790. The fourth-order valence-corrected chi connectivity index (χ4v) is 5.52. The monoisotopic (exact) mass is 513 g/mol. The lowest BCUT2D eigenvalue weighted by Gasteiger charge is -2.37. The molecular weight excluding hydrogens is 482 g/mol. The molecule has 0 bridgehead atoms. The van der Waals surface area contributed by atoms with Crippen molar-refractivity contribution in [2.45, 2.75) is 39.2 Å². The molecule has 1 N–H and O–H groups in total. The van der Waals surface area contributed by atoms with Crippen LogP contribution in [0.15, 0.2) is 84.1 Å². The van der Waals surface area contributed by atoms with E-state index in [-0.39, 0.29) is 23.5 Å². The Morgan fingerprint density at radius 2 is 1.68 bits per heavy atom. The van der Waals surface area contributed by atoms with Crippen molar-refractivity contribution in [1.29, 1.82) is 0 Å². The molecule has 1 aliphatic carbocycles. The van der Waals surface area contributed by atoms with Crippen LogP contribution in [0.2, 0.25) is 5.02 Å². The van der Waals surface area contributed by atoms with Gasteiger partial charge in [-0.2, -0.15) is 0 Å². The summed E-state index contributed by atoms with van der Waals surface area (Å²) in [6.45, 7) is 4.25. The Labute approximate surface area is 223 Å². The Kier molecular flexibility index (Phi) is 6.59. The van der Waals surface area contributed by atoms with Crippen molar-refractivity contribution < 1.29 is 9.59 Å². The number of Topliss-reactive ketones (excluding diaryl/α,β-unsaturated/α-hetero) is 1. The number of carbonyl (C=O) groups excluding carboxylic acids is 2. The average molecular weight is 514 g/mol. The Morgan fingerprint density at radius 1 is 1.00 bits per heavy atom. The predicted molar refractivity (Wildman–Crippen MR) is 151 cm³/mol. The van der Waals surface area contributed by atoms with Gasteiger partial charge in [-0.25, -0.2) is 0 Å². The van der Waals surface area contributed by atoms with E-state index in [4.69, 9.17) is 11.6 Å². The maximum Gasteiger partial charge on any atom is 0.232 e. The third kappa shape index (κ3) is 5.01. The second kappa shape index (κ2) is 9.71. The quantitative estimate of drug-likeness (QED) is 0.417. The number of halogens is 1. The molecule has 1 aliphatic heterocycles. The zero-order chi connectivity index (χ0) is 26.3. The van der Waals surface area contributed by atoms with Crippen LogP contribution < -0.4 is 15.1 Å². The predicted octanol–water partition coefficient (Wildman–Crippen LogP) is 6.79. The van der Waals surface area contributed by atoms with Crippen LogP contribution in [0.3, 0.4) is 0 Å². The van der Waals surface area contributed by atoms with E-state index < -0.39 is 6.04 Å². The molecule has 6 heteroatoms. The number of allylic oxidation sites excluding steroid dienone is 1. The number of anilines is 3. The highest BCUT2D eigenvalue weighted by molar-refractivity contribution is 6.30. The molecule has 0 spiro atoms. The SMILES string of the molecule is CN(C)c1ccc(C2C3=C(CC(C)(C)CC3=O)Nc3ccccc3N2C(=O)Cc2ccc(Cl)cc2)cc1. The molecule has 1 heterocycles. The fourth-order valence-electron chi connectivity index (χ4n) is 5.39. The third-order valence-electron chi connectivity index (χ3n) is 7.16. The average Bonchev–Trinajstić information content (AvgIpc) is 2.99. The second-order valence-electron chi connectivity index (χ2n) is 10.9. The van der Waals surface area contributed by atoms with Gasteiger partial charge in [0, 0.05) is 42.5 Å². The summed E-state index contributed by atoms with van der Waals surface area (Å²) in [4.78, 5) is 31.8. The van der Waals surface area contributed by atoms with Crippen LogP contribution in [0.25, 0.3) is 0 Å². The van der Waals surface area contributed by atoms with Gasteiger partial charge in [-0.05, 0) is 59.4 Å². The van der Waals surface area contributed by atoms with Gasteiger partial charge in [-0.3, -0.25) is 14.5 Å². The summed E-state index contributed by atoms with van der Waals surface area (Å²) in [6, 6.07) is 22.8. The van der Waals surface area contributed by atoms with Crippen LogP contribution in [-0.2, 0) is 16.0 Å². The summed E-state index contributed by atoms with van der Waals surface area (Å²) < 4.78 is 0. The molecular formula is C31H32ClN3O2. The van der Waals surface area contributed by atoms with Crippen molar-refractivity contribution in [3.8, 4) is 0 Å². The maximum absolute atomic E-state index is 14.2. The Morgan fingerprint density at radius 3 is 2.35 bits per heavy atom. The van der Waals surface area contributed by atoms with E-state index in [1.54, 1.807) is 12.1 Å². The zero-order valence-corrected chi connectivity index (χ0v) is 22.5. The van der Waals surface area contributed by atoms with Crippen molar-refractivity contribution in [2.24, 2.45) is 5.41 Å². The minimum Gasteiger partial charge on any atom is -0.378 e. The lowest BCUT2D eigenvalue weighted by atomic mass is 9.73. The van der Waals surface area contributed by atoms with Crippen LogP contribution in [0.5, 0.6) is 0 Å². The van der Waals surface area contributed by atoms with Gasteiger partial charge >= 0.3 is 0 Å². The molecule has 0 aromatic heterocycles. The summed E-state index contributed by atoms with van der Waals surface area (Å²) in [7, 11) is 3.99. The number of ketones is 1. The van der Waals surface area contributed by atoms with Gasteiger partial charge in [0.05, 0.1) is 23.8 Å². The van der Waals surface area contributed by atoms with Gasteiger partial charge < -0.3 is 10.2 Å². The van der Waals surface area contributed by atoms with E-state index in [0.717, 1.165) is 40.3 Å². The smallest absolute Gasteiger partial charge is 0.232 e. The number of nitrogens with one attached hydrogen (secondary N) is 1. The van der Waals surface area contributed by atoms with Crippen LogP contribution in [0.4, 0.5) is 17.1 Å². The second-order valence-corrected chi connectivity index (χ2v) is 11.4. The highest BCUT2D eigenvalue weighted by atomic mass is 35.5. The van der Waals surface area contributed by atoms with Gasteiger partial charge in [0.2, 0.25) is 5.91 Å². The first-order chi connectivity index (χ1) is 17.6. The number of amides is 1. The Hall–Kier alpha value is -3.57. The lowest BCUT2D eigenvalue weighted by molar-refractivity contribution is -0.119. The van der Waals surface area contributed by atoms with E-state index in [1.807, 2.05) is 84.6 Å². The molecule has 37 heavy (non-hydrogen) atoms. The van der Waals surface area contributed by atoms with Crippen molar-refractivity contribution in [3.63, 3.8) is 0 Å². The summed E-state index contributed by atoms with van der Waals surface area (Å²) in [6.07, 6.45) is 1.36. The Bertz CT molecular complexity index is 1370. The number of fused-ring (bicyclic) bond motifs is 1. The lowest BCUT2D eigenvalue weighted by Crippen LogP contribution is -2.40. The standard InChI is InChI=1S/C31H32ClN3O2/c1-31(2)18-25-29(27(36)19-31)30(21-11-15-23(16-12-21)34(3)4)35(26-8-6-5-7-24(26)33-25)28(37)17-20-9-13-22(32)14-10-20/h5-16,30,33H,17-19H2,1-4H3. The Balaban J connectivity index is 1.70. The molecule has 3 aromatic rings. The molecule has 5 rings (SSSR count). The molecule has 0 saturated carbocycles. The third-order valence-corrected chi connectivity index (χ3v) is 7.42. The van der Waals surface area contributed by atoms with Crippen molar-refractivity contribution in [2.75, 3.05) is 29.2 Å². The van der Waals surface area contributed by atoms with Gasteiger partial charge in [-0.15, -0.1) is 0 Å². The van der Waals surface area contributed by atoms with Crippen LogP contribution in [0, 0.1) is 5.41 Å². The zero-order valence-electron chi connectivity index (χ0n) is 21.7. The topological polar surface area (TPSA) is 52.7 Å². The highest BCUT2D eigenvalue weighted by Gasteiger charge is 2.43. The number of benzene rings is 3. The van der Waals surface area contributed by atoms with E-state index in [2.05, 4.69) is 19.2 Å². The van der Waals surface area contributed by atoms with Crippen molar-refractivity contribution in [1.82, 2.24) is 0 Å². The summed E-state index contributed by atoms with van der Waals surface area (Å²) in [5.41, 5.74) is 5.85. The normalized spacial score (nSPS) is 18.5. The summed E-state index contributed by atoms with van der Waals surface area (Å²) in [5.74, 6) is 0.00202. The number of nitrogens with zero attached hydrogens (tertiary/aromatic N) is 2. The molecule has 1 unspecified atom stereocenters. The molecule has 190 valence electrons. The van der Waals surface area contributed by atoms with Crippen LogP contribution in [-0.4, -0.2) is 25.8 Å². The molecule has 2 aliphatic rings. The van der Waals surface area contributed by atoms with E-state index >= 15 is 0 Å². The first-order valence-corrected chi connectivity index (χ1v) is 13.0. The van der Waals surface area contributed by atoms with E-state index in [0.29, 0.717) is 17.0 Å². The molecule has 1 atom stereocenters. The fraction of sp³-hybridized carbons (Fsp3) is 0.290.